The van der Waals surface area contributed by atoms with E-state index in [9.17, 15) is 14.7 Å². The van der Waals surface area contributed by atoms with E-state index in [1.165, 1.54) is 11.0 Å². The van der Waals surface area contributed by atoms with Crippen LogP contribution in [0.4, 0.5) is 0 Å². The first-order valence-corrected chi connectivity index (χ1v) is 9.78. The average Bonchev–Trinajstić information content (AvgIpc) is 3.26. The number of nitrogens with zero attached hydrogens (tertiary/aromatic N) is 1. The van der Waals surface area contributed by atoms with Crippen LogP contribution in [0.15, 0.2) is 81.1 Å². The number of furan rings is 1. The Kier molecular flexibility index (Phi) is 5.07. The minimum atomic E-state index is -0.795. The fourth-order valence-corrected chi connectivity index (χ4v) is 3.70. The molecule has 1 aromatic carbocycles. The maximum Gasteiger partial charge on any atom is 0.240 e. The third kappa shape index (κ3) is 3.61. The summed E-state index contributed by atoms with van der Waals surface area (Å²) in [5.74, 6) is -1.45. The van der Waals surface area contributed by atoms with Crippen molar-refractivity contribution in [3.8, 4) is 0 Å². The number of carbonyl (C=O) groups excluding carboxylic acids is 2. The number of aryl methyl sites for hydroxylation is 1. The van der Waals surface area contributed by atoms with Crippen molar-refractivity contribution in [3.63, 3.8) is 0 Å². The van der Waals surface area contributed by atoms with Crippen LogP contribution in [0.3, 0.4) is 0 Å². The second-order valence-electron chi connectivity index (χ2n) is 6.78. The van der Waals surface area contributed by atoms with E-state index < -0.39 is 23.5 Å². The van der Waals surface area contributed by atoms with E-state index in [1.54, 1.807) is 37.5 Å². The number of Topliss-reactive ketones (excluding diaryl/α,β-unsaturated/α-hetero) is 1. The van der Waals surface area contributed by atoms with Gasteiger partial charge in [-0.25, -0.2) is 4.98 Å². The molecule has 3 aromatic rings. The van der Waals surface area contributed by atoms with Crippen molar-refractivity contribution in [2.75, 3.05) is 0 Å². The number of ketones is 1. The van der Waals surface area contributed by atoms with Crippen LogP contribution in [0.5, 0.6) is 0 Å². The van der Waals surface area contributed by atoms with Gasteiger partial charge in [-0.05, 0) is 48.6 Å². The number of H-pyrrole nitrogens is 1. The molecular formula is C22H17BrN2O4. The highest BCUT2D eigenvalue weighted by atomic mass is 79.9. The SMILES string of the molecule is Cc1ccc(C(=O)C2=C([O-])C(=O)N(Cc3ccc[nH+]c3)C2c2ccc(Br)cc2)o1. The highest BCUT2D eigenvalue weighted by molar-refractivity contribution is 9.10. The van der Waals surface area contributed by atoms with Gasteiger partial charge in [-0.1, -0.05) is 28.1 Å². The summed E-state index contributed by atoms with van der Waals surface area (Å²) >= 11 is 3.39. The fraction of sp³-hybridized carbons (Fsp3) is 0.136. The Morgan fingerprint density at radius 3 is 2.59 bits per heavy atom. The van der Waals surface area contributed by atoms with Crippen molar-refractivity contribution in [2.45, 2.75) is 19.5 Å². The Morgan fingerprint density at radius 2 is 1.97 bits per heavy atom. The predicted octanol–water partition coefficient (Wildman–Crippen LogP) is 2.75. The Balaban J connectivity index is 1.79. The monoisotopic (exact) mass is 452 g/mol. The van der Waals surface area contributed by atoms with Crippen LogP contribution in [0, 0.1) is 6.92 Å². The van der Waals surface area contributed by atoms with Gasteiger partial charge in [0.2, 0.25) is 11.7 Å². The molecule has 2 aromatic heterocycles. The number of pyridine rings is 1. The third-order valence-electron chi connectivity index (χ3n) is 4.80. The molecule has 0 saturated carbocycles. The van der Waals surface area contributed by atoms with Crippen LogP contribution in [0.1, 0.15) is 33.5 Å². The Hall–Kier alpha value is -3.19. The highest BCUT2D eigenvalue weighted by Crippen LogP contribution is 2.39. The van der Waals surface area contributed by atoms with Crippen LogP contribution < -0.4 is 10.1 Å². The van der Waals surface area contributed by atoms with Gasteiger partial charge < -0.3 is 14.4 Å². The number of carbonyl (C=O) groups is 2. The lowest BCUT2D eigenvalue weighted by Crippen LogP contribution is -2.32. The fourth-order valence-electron chi connectivity index (χ4n) is 3.44. The second kappa shape index (κ2) is 7.67. The Labute approximate surface area is 175 Å². The van der Waals surface area contributed by atoms with Crippen LogP contribution >= 0.6 is 15.9 Å². The molecule has 1 unspecified atom stereocenters. The molecule has 146 valence electrons. The topological polar surface area (TPSA) is 87.7 Å². The zero-order valence-corrected chi connectivity index (χ0v) is 17.1. The minimum Gasteiger partial charge on any atom is -0.868 e. The van der Waals surface area contributed by atoms with E-state index in [4.69, 9.17) is 4.42 Å². The number of rotatable bonds is 5. The van der Waals surface area contributed by atoms with E-state index in [0.717, 1.165) is 10.0 Å². The van der Waals surface area contributed by atoms with Gasteiger partial charge in [-0.2, -0.15) is 0 Å². The van der Waals surface area contributed by atoms with Crippen LogP contribution in [-0.4, -0.2) is 16.6 Å². The number of aromatic amines is 1. The molecule has 0 aliphatic carbocycles. The van der Waals surface area contributed by atoms with E-state index >= 15 is 0 Å². The van der Waals surface area contributed by atoms with Gasteiger partial charge in [0.1, 0.15) is 5.76 Å². The number of benzene rings is 1. The lowest BCUT2D eigenvalue weighted by molar-refractivity contribution is -0.378. The maximum atomic E-state index is 13.1. The zero-order valence-electron chi connectivity index (χ0n) is 15.5. The molecule has 0 bridgehead atoms. The van der Waals surface area contributed by atoms with Gasteiger partial charge in [-0.3, -0.25) is 9.59 Å². The van der Waals surface area contributed by atoms with E-state index in [1.807, 2.05) is 24.3 Å². The van der Waals surface area contributed by atoms with Gasteiger partial charge in [-0.15, -0.1) is 0 Å². The first-order valence-electron chi connectivity index (χ1n) is 8.99. The van der Waals surface area contributed by atoms with Gasteiger partial charge in [0.05, 0.1) is 12.6 Å². The molecule has 3 heterocycles. The summed E-state index contributed by atoms with van der Waals surface area (Å²) in [5.41, 5.74) is 1.41. The zero-order chi connectivity index (χ0) is 20.5. The number of nitrogens with one attached hydrogen (secondary N) is 1. The van der Waals surface area contributed by atoms with Crippen molar-refractivity contribution in [2.24, 2.45) is 0 Å². The normalized spacial score (nSPS) is 16.6. The molecule has 1 atom stereocenters. The number of hydrogen-bond acceptors (Lipinski definition) is 4. The minimum absolute atomic E-state index is 0.0515. The molecule has 0 spiro atoms. The van der Waals surface area contributed by atoms with Crippen LogP contribution in [0.25, 0.3) is 0 Å². The van der Waals surface area contributed by atoms with Crippen LogP contribution in [0.2, 0.25) is 0 Å². The number of hydrogen-bond donors (Lipinski definition) is 0. The van der Waals surface area contributed by atoms with E-state index in [2.05, 4.69) is 20.9 Å². The molecule has 7 heteroatoms. The molecule has 1 aliphatic heterocycles. The Morgan fingerprint density at radius 1 is 1.21 bits per heavy atom. The summed E-state index contributed by atoms with van der Waals surface area (Å²) in [4.78, 5) is 30.4. The van der Waals surface area contributed by atoms with Crippen molar-refractivity contribution < 1.29 is 24.1 Å². The first kappa shape index (κ1) is 19.1. The quantitative estimate of drug-likeness (QED) is 0.556. The Bertz CT molecular complexity index is 1100. The largest absolute Gasteiger partial charge is 0.868 e. The maximum absolute atomic E-state index is 13.1. The van der Waals surface area contributed by atoms with Gasteiger partial charge in [0, 0.05) is 21.7 Å². The molecular weight excluding hydrogens is 436 g/mol. The lowest BCUT2D eigenvalue weighted by Gasteiger charge is -2.27. The summed E-state index contributed by atoms with van der Waals surface area (Å²) in [6, 6.07) is 13.3. The summed E-state index contributed by atoms with van der Waals surface area (Å²) in [6.07, 6.45) is 3.51. The molecule has 0 fully saturated rings. The standard InChI is InChI=1S/C22H17BrN2O4/c1-13-4-9-17(29-13)20(26)18-19(15-5-7-16(23)8-6-15)25(22(28)21(18)27)12-14-3-2-10-24-11-14/h2-11,19,27H,12H2,1H3. The molecule has 4 rings (SSSR count). The summed E-state index contributed by atoms with van der Waals surface area (Å²) in [7, 11) is 0. The van der Waals surface area contributed by atoms with Gasteiger partial charge in [0.25, 0.3) is 0 Å². The molecule has 1 aliphatic rings. The third-order valence-corrected chi connectivity index (χ3v) is 5.33. The molecule has 0 radical (unpaired) electrons. The number of halogens is 1. The predicted molar refractivity (Wildman–Crippen MR) is 105 cm³/mol. The van der Waals surface area contributed by atoms with Crippen molar-refractivity contribution >= 4 is 27.6 Å². The van der Waals surface area contributed by atoms with Crippen molar-refractivity contribution in [1.29, 1.82) is 0 Å². The first-order chi connectivity index (χ1) is 14.0. The molecule has 0 saturated heterocycles. The summed E-state index contributed by atoms with van der Waals surface area (Å²) in [5, 5.41) is 12.9. The van der Waals surface area contributed by atoms with Crippen LogP contribution in [-0.2, 0) is 11.3 Å². The molecule has 1 N–H and O–H groups in total. The van der Waals surface area contributed by atoms with Crippen molar-refractivity contribution in [3.05, 3.63) is 99.4 Å². The second-order valence-corrected chi connectivity index (χ2v) is 7.70. The summed E-state index contributed by atoms with van der Waals surface area (Å²) in [6.45, 7) is 1.91. The smallest absolute Gasteiger partial charge is 0.240 e. The number of aromatic nitrogens is 1. The number of amides is 1. The summed E-state index contributed by atoms with van der Waals surface area (Å²) < 4.78 is 6.29. The van der Waals surface area contributed by atoms with Crippen molar-refractivity contribution in [1.82, 2.24) is 4.90 Å². The molecule has 1 amide bonds. The van der Waals surface area contributed by atoms with E-state index in [-0.39, 0.29) is 17.9 Å². The van der Waals surface area contributed by atoms with E-state index in [0.29, 0.717) is 11.3 Å². The molecule has 29 heavy (non-hydrogen) atoms. The van der Waals surface area contributed by atoms with Gasteiger partial charge in [0.15, 0.2) is 18.2 Å². The van der Waals surface area contributed by atoms with Gasteiger partial charge >= 0.3 is 0 Å². The average molecular weight is 453 g/mol. The molecule has 6 nitrogen and oxygen atoms in total. The lowest BCUT2D eigenvalue weighted by atomic mass is 9.95. The highest BCUT2D eigenvalue weighted by Gasteiger charge is 2.40.